The number of hydrogen-bond donors (Lipinski definition) is 0. The van der Waals surface area contributed by atoms with Crippen molar-refractivity contribution in [1.29, 1.82) is 0 Å². The van der Waals surface area contributed by atoms with E-state index in [4.69, 9.17) is 4.74 Å². The monoisotopic (exact) mass is 499 g/mol. The van der Waals surface area contributed by atoms with Gasteiger partial charge >= 0.3 is 0 Å². The van der Waals surface area contributed by atoms with Crippen molar-refractivity contribution in [3.8, 4) is 0 Å². The SMILES string of the molecule is Cc1cccc(CN=Nc2nc(Cc3nnc(Cc4cccc(C)c4)s3)cc(N3CCOCC3)n2)c1. The molecular formula is C27H29N7OS. The summed E-state index contributed by atoms with van der Waals surface area (Å²) in [5, 5.41) is 19.5. The van der Waals surface area contributed by atoms with Gasteiger partial charge < -0.3 is 9.64 Å². The van der Waals surface area contributed by atoms with Crippen molar-refractivity contribution in [2.24, 2.45) is 10.2 Å². The lowest BCUT2D eigenvalue weighted by molar-refractivity contribution is 0.122. The molecule has 0 aliphatic carbocycles. The molecule has 0 unspecified atom stereocenters. The number of nitrogens with zero attached hydrogens (tertiary/aromatic N) is 7. The summed E-state index contributed by atoms with van der Waals surface area (Å²) in [5.41, 5.74) is 5.66. The Morgan fingerprint density at radius 1 is 0.861 bits per heavy atom. The lowest BCUT2D eigenvalue weighted by atomic mass is 10.1. The minimum absolute atomic E-state index is 0.367. The number of anilines is 1. The summed E-state index contributed by atoms with van der Waals surface area (Å²) in [6, 6.07) is 18.8. The third-order valence-electron chi connectivity index (χ3n) is 5.86. The zero-order valence-electron chi connectivity index (χ0n) is 20.6. The predicted octanol–water partition coefficient (Wildman–Crippen LogP) is 5.25. The van der Waals surface area contributed by atoms with Crippen molar-refractivity contribution in [2.75, 3.05) is 31.2 Å². The quantitative estimate of drug-likeness (QED) is 0.308. The van der Waals surface area contributed by atoms with E-state index < -0.39 is 0 Å². The van der Waals surface area contributed by atoms with Crippen LogP contribution in [0.3, 0.4) is 0 Å². The average Bonchev–Trinajstić information content (AvgIpc) is 3.31. The van der Waals surface area contributed by atoms with Crippen LogP contribution in [0.4, 0.5) is 11.8 Å². The van der Waals surface area contributed by atoms with Gasteiger partial charge in [0.1, 0.15) is 15.8 Å². The molecule has 1 aliphatic rings. The van der Waals surface area contributed by atoms with Gasteiger partial charge in [0.2, 0.25) is 0 Å². The lowest BCUT2D eigenvalue weighted by Crippen LogP contribution is -2.36. The summed E-state index contributed by atoms with van der Waals surface area (Å²) < 4.78 is 5.52. The molecule has 8 nitrogen and oxygen atoms in total. The summed E-state index contributed by atoms with van der Waals surface area (Å²) in [6.07, 6.45) is 1.35. The predicted molar refractivity (Wildman–Crippen MR) is 141 cm³/mol. The van der Waals surface area contributed by atoms with Crippen molar-refractivity contribution < 1.29 is 4.74 Å². The first kappa shape index (κ1) is 24.1. The van der Waals surface area contributed by atoms with Gasteiger partial charge in [0.05, 0.1) is 25.5 Å². The number of aryl methyl sites for hydroxylation is 2. The van der Waals surface area contributed by atoms with E-state index in [1.165, 1.54) is 16.7 Å². The lowest BCUT2D eigenvalue weighted by Gasteiger charge is -2.27. The first-order chi connectivity index (χ1) is 17.6. The second-order valence-corrected chi connectivity index (χ2v) is 10.1. The summed E-state index contributed by atoms with van der Waals surface area (Å²) in [4.78, 5) is 11.6. The number of morpholine rings is 1. The second-order valence-electron chi connectivity index (χ2n) is 8.94. The Morgan fingerprint density at radius 3 is 2.31 bits per heavy atom. The highest BCUT2D eigenvalue weighted by atomic mass is 32.1. The number of hydrogen-bond acceptors (Lipinski definition) is 9. The van der Waals surface area contributed by atoms with Crippen LogP contribution >= 0.6 is 11.3 Å². The molecule has 1 aliphatic heterocycles. The van der Waals surface area contributed by atoms with Crippen LogP contribution in [0.25, 0.3) is 0 Å². The van der Waals surface area contributed by atoms with Crippen molar-refractivity contribution in [1.82, 2.24) is 20.2 Å². The summed E-state index contributed by atoms with van der Waals surface area (Å²) in [5.74, 6) is 1.21. The molecule has 36 heavy (non-hydrogen) atoms. The topological polar surface area (TPSA) is 88.8 Å². The van der Waals surface area contributed by atoms with Gasteiger partial charge in [-0.2, -0.15) is 10.1 Å². The highest BCUT2D eigenvalue weighted by Gasteiger charge is 2.16. The number of ether oxygens (including phenoxy) is 1. The maximum absolute atomic E-state index is 5.52. The van der Waals surface area contributed by atoms with Crippen LogP contribution in [0.2, 0.25) is 0 Å². The Balaban J connectivity index is 1.34. The van der Waals surface area contributed by atoms with Crippen LogP contribution in [0.5, 0.6) is 0 Å². The van der Waals surface area contributed by atoms with E-state index in [2.05, 4.69) is 85.5 Å². The van der Waals surface area contributed by atoms with Gasteiger partial charge in [-0.05, 0) is 25.0 Å². The summed E-state index contributed by atoms with van der Waals surface area (Å²) in [7, 11) is 0. The van der Waals surface area contributed by atoms with Crippen molar-refractivity contribution in [2.45, 2.75) is 33.2 Å². The average molecular weight is 500 g/mol. The molecule has 0 radical (unpaired) electrons. The van der Waals surface area contributed by atoms with Gasteiger partial charge in [0, 0.05) is 32.0 Å². The fourth-order valence-corrected chi connectivity index (χ4v) is 5.03. The third-order valence-corrected chi connectivity index (χ3v) is 6.79. The third kappa shape index (κ3) is 6.56. The molecule has 3 heterocycles. The minimum atomic E-state index is 0.367. The van der Waals surface area contributed by atoms with Gasteiger partial charge in [-0.3, -0.25) is 0 Å². The van der Waals surface area contributed by atoms with E-state index in [-0.39, 0.29) is 0 Å². The summed E-state index contributed by atoms with van der Waals surface area (Å²) >= 11 is 1.62. The van der Waals surface area contributed by atoms with E-state index in [9.17, 15) is 0 Å². The fourth-order valence-electron chi connectivity index (χ4n) is 4.13. The van der Waals surface area contributed by atoms with Gasteiger partial charge in [-0.1, -0.05) is 59.7 Å². The maximum atomic E-state index is 5.52. The zero-order chi connectivity index (χ0) is 24.7. The molecule has 2 aromatic heterocycles. The molecular weight excluding hydrogens is 470 g/mol. The molecule has 184 valence electrons. The molecule has 0 N–H and O–H groups in total. The van der Waals surface area contributed by atoms with Crippen LogP contribution in [-0.4, -0.2) is 46.5 Å². The molecule has 9 heteroatoms. The number of benzene rings is 2. The van der Waals surface area contributed by atoms with Crippen molar-refractivity contribution >= 4 is 23.1 Å². The molecule has 0 saturated carbocycles. The highest BCUT2D eigenvalue weighted by Crippen LogP contribution is 2.23. The first-order valence-electron chi connectivity index (χ1n) is 12.1. The van der Waals surface area contributed by atoms with E-state index in [1.54, 1.807) is 11.3 Å². The number of aromatic nitrogens is 4. The van der Waals surface area contributed by atoms with Gasteiger partial charge in [0.15, 0.2) is 0 Å². The van der Waals surface area contributed by atoms with Crippen LogP contribution in [0.15, 0.2) is 64.8 Å². The Morgan fingerprint density at radius 2 is 1.56 bits per heavy atom. The van der Waals surface area contributed by atoms with Crippen molar-refractivity contribution in [3.63, 3.8) is 0 Å². The largest absolute Gasteiger partial charge is 0.378 e. The second kappa shape index (κ2) is 11.5. The van der Waals surface area contributed by atoms with Crippen LogP contribution in [-0.2, 0) is 24.1 Å². The molecule has 0 spiro atoms. The Kier molecular flexibility index (Phi) is 7.68. The molecule has 0 amide bonds. The van der Waals surface area contributed by atoms with E-state index in [0.29, 0.717) is 32.1 Å². The van der Waals surface area contributed by atoms with E-state index in [0.717, 1.165) is 46.6 Å². The molecule has 1 fully saturated rings. The highest BCUT2D eigenvalue weighted by molar-refractivity contribution is 7.11. The van der Waals surface area contributed by atoms with Crippen LogP contribution in [0, 0.1) is 13.8 Å². The fraction of sp³-hybridized carbons (Fsp3) is 0.333. The molecule has 4 aromatic rings. The van der Waals surface area contributed by atoms with E-state index in [1.807, 2.05) is 18.2 Å². The van der Waals surface area contributed by atoms with Crippen molar-refractivity contribution in [3.05, 3.63) is 92.6 Å². The Hall–Kier alpha value is -3.56. The standard InChI is InChI=1S/C27H29N7OS/c1-19-5-3-7-21(13-19)15-25-31-32-26(36-25)17-23-16-24(34-9-11-35-12-10-34)30-27(29-23)33-28-18-22-8-4-6-20(2)14-22/h3-8,13-14,16H,9-12,15,17-18H2,1-2H3. The number of rotatable bonds is 8. The van der Waals surface area contributed by atoms with Gasteiger partial charge in [-0.25, -0.2) is 4.98 Å². The molecule has 2 aromatic carbocycles. The normalized spacial score (nSPS) is 14.0. The smallest absolute Gasteiger partial charge is 0.270 e. The zero-order valence-corrected chi connectivity index (χ0v) is 21.4. The molecule has 0 bridgehead atoms. The first-order valence-corrected chi connectivity index (χ1v) is 12.9. The molecule has 1 saturated heterocycles. The minimum Gasteiger partial charge on any atom is -0.378 e. The van der Waals surface area contributed by atoms with E-state index >= 15 is 0 Å². The maximum Gasteiger partial charge on any atom is 0.270 e. The molecule has 0 atom stereocenters. The number of azo groups is 1. The Labute approximate surface area is 215 Å². The summed E-state index contributed by atoms with van der Waals surface area (Å²) in [6.45, 7) is 7.60. The van der Waals surface area contributed by atoms with Crippen LogP contribution in [0.1, 0.15) is 38.0 Å². The van der Waals surface area contributed by atoms with Gasteiger partial charge in [-0.15, -0.1) is 26.6 Å². The molecule has 5 rings (SSSR count). The Bertz CT molecular complexity index is 1350. The van der Waals surface area contributed by atoms with Gasteiger partial charge in [0.25, 0.3) is 5.95 Å². The van der Waals surface area contributed by atoms with Crippen LogP contribution < -0.4 is 4.90 Å².